The van der Waals surface area contributed by atoms with Crippen molar-refractivity contribution in [3.8, 4) is 11.3 Å². The third kappa shape index (κ3) is 3.94. The summed E-state index contributed by atoms with van der Waals surface area (Å²) in [5.41, 5.74) is 1.46. The minimum Gasteiger partial charge on any atom is -0.449 e. The van der Waals surface area contributed by atoms with Crippen molar-refractivity contribution >= 4 is 10.0 Å². The van der Waals surface area contributed by atoms with E-state index in [1.54, 1.807) is 19.1 Å². The van der Waals surface area contributed by atoms with Gasteiger partial charge in [0.25, 0.3) is 0 Å². The van der Waals surface area contributed by atoms with Gasteiger partial charge in [-0.05, 0) is 25.0 Å². The molecule has 22 heavy (non-hydrogen) atoms. The van der Waals surface area contributed by atoms with Crippen LogP contribution in [-0.4, -0.2) is 31.2 Å². The molecule has 0 bridgehead atoms. The fraction of sp³-hybridized carbons (Fsp3) is 0.400. The van der Waals surface area contributed by atoms with Crippen LogP contribution in [0.4, 0.5) is 0 Å². The quantitative estimate of drug-likeness (QED) is 0.813. The lowest BCUT2D eigenvalue weighted by molar-refractivity contribution is 0.270. The molecule has 0 fully saturated rings. The van der Waals surface area contributed by atoms with Crippen molar-refractivity contribution < 1.29 is 17.9 Å². The first-order valence-corrected chi connectivity index (χ1v) is 8.60. The van der Waals surface area contributed by atoms with Crippen LogP contribution >= 0.6 is 0 Å². The Morgan fingerprint density at radius 3 is 2.50 bits per heavy atom. The Bertz CT molecular complexity index is 707. The summed E-state index contributed by atoms with van der Waals surface area (Å²) in [6, 6.07) is 6.19. The molecule has 1 atom stereocenters. The van der Waals surface area contributed by atoms with Crippen LogP contribution < -0.4 is 4.72 Å². The topological polar surface area (TPSA) is 92.4 Å². The van der Waals surface area contributed by atoms with E-state index in [1.165, 1.54) is 18.4 Å². The number of nitrogens with one attached hydrogen (secondary N) is 1. The van der Waals surface area contributed by atoms with E-state index in [1.807, 2.05) is 6.92 Å². The van der Waals surface area contributed by atoms with Crippen molar-refractivity contribution in [2.45, 2.75) is 37.6 Å². The SMILES string of the molecule is CCC(CCO)NS(=O)(=O)c1ccc(-c2coc(C)n2)cc1. The highest BCUT2D eigenvalue weighted by molar-refractivity contribution is 7.89. The molecule has 0 amide bonds. The molecule has 0 radical (unpaired) electrons. The van der Waals surface area contributed by atoms with Gasteiger partial charge in [-0.1, -0.05) is 19.1 Å². The lowest BCUT2D eigenvalue weighted by Gasteiger charge is -2.16. The zero-order chi connectivity index (χ0) is 16.2. The highest BCUT2D eigenvalue weighted by Crippen LogP contribution is 2.21. The summed E-state index contributed by atoms with van der Waals surface area (Å²) >= 11 is 0. The lowest BCUT2D eigenvalue weighted by atomic mass is 10.2. The summed E-state index contributed by atoms with van der Waals surface area (Å²) in [5.74, 6) is 0.558. The number of sulfonamides is 1. The van der Waals surface area contributed by atoms with Crippen LogP contribution in [0.2, 0.25) is 0 Å². The van der Waals surface area contributed by atoms with Gasteiger partial charge in [0.2, 0.25) is 10.0 Å². The third-order valence-electron chi connectivity index (χ3n) is 3.37. The summed E-state index contributed by atoms with van der Waals surface area (Å²) in [5, 5.41) is 8.95. The Morgan fingerprint density at radius 2 is 2.00 bits per heavy atom. The number of aliphatic hydroxyl groups is 1. The van der Waals surface area contributed by atoms with Crippen LogP contribution in [0.15, 0.2) is 39.8 Å². The number of hydrogen-bond donors (Lipinski definition) is 2. The summed E-state index contributed by atoms with van der Waals surface area (Å²) in [6.07, 6.45) is 2.55. The number of aliphatic hydroxyl groups excluding tert-OH is 1. The van der Waals surface area contributed by atoms with Crippen molar-refractivity contribution in [1.82, 2.24) is 9.71 Å². The zero-order valence-electron chi connectivity index (χ0n) is 12.6. The van der Waals surface area contributed by atoms with E-state index in [-0.39, 0.29) is 17.5 Å². The van der Waals surface area contributed by atoms with Crippen molar-refractivity contribution in [3.05, 3.63) is 36.4 Å². The van der Waals surface area contributed by atoms with Gasteiger partial charge in [0.05, 0.1) is 4.90 Å². The second-order valence-corrected chi connectivity index (χ2v) is 6.73. The fourth-order valence-electron chi connectivity index (χ4n) is 2.09. The molecule has 0 aliphatic rings. The number of hydrogen-bond acceptors (Lipinski definition) is 5. The average molecular weight is 324 g/mol. The van der Waals surface area contributed by atoms with Gasteiger partial charge in [-0.25, -0.2) is 18.1 Å². The average Bonchev–Trinajstić information content (AvgIpc) is 2.93. The largest absolute Gasteiger partial charge is 0.449 e. The Kier molecular flexibility index (Phi) is 5.33. The minimum absolute atomic E-state index is 0.0501. The molecule has 0 aliphatic heterocycles. The molecule has 1 aromatic heterocycles. The predicted molar refractivity (Wildman–Crippen MR) is 82.8 cm³/mol. The summed E-state index contributed by atoms with van der Waals surface area (Å²) < 4.78 is 32.3. The maximum atomic E-state index is 12.3. The highest BCUT2D eigenvalue weighted by atomic mass is 32.2. The molecular weight excluding hydrogens is 304 g/mol. The van der Waals surface area contributed by atoms with Crippen molar-refractivity contribution in [3.63, 3.8) is 0 Å². The second-order valence-electron chi connectivity index (χ2n) is 5.01. The van der Waals surface area contributed by atoms with E-state index in [4.69, 9.17) is 9.52 Å². The van der Waals surface area contributed by atoms with E-state index in [0.717, 1.165) is 5.56 Å². The van der Waals surface area contributed by atoms with Gasteiger partial charge >= 0.3 is 0 Å². The fourth-order valence-corrected chi connectivity index (χ4v) is 3.44. The monoisotopic (exact) mass is 324 g/mol. The molecule has 2 aromatic rings. The molecule has 1 unspecified atom stereocenters. The van der Waals surface area contributed by atoms with Crippen molar-refractivity contribution in [2.75, 3.05) is 6.61 Å². The van der Waals surface area contributed by atoms with Crippen LogP contribution in [-0.2, 0) is 10.0 Å². The van der Waals surface area contributed by atoms with Crippen LogP contribution in [0.3, 0.4) is 0 Å². The second kappa shape index (κ2) is 7.04. The molecule has 0 saturated heterocycles. The molecule has 6 nitrogen and oxygen atoms in total. The first-order chi connectivity index (χ1) is 10.5. The van der Waals surface area contributed by atoms with Crippen LogP contribution in [0.1, 0.15) is 25.7 Å². The molecular formula is C15H20N2O4S. The van der Waals surface area contributed by atoms with Crippen molar-refractivity contribution in [1.29, 1.82) is 0 Å². The summed E-state index contributed by atoms with van der Waals surface area (Å²) in [7, 11) is -3.59. The molecule has 0 spiro atoms. The van der Waals surface area contributed by atoms with Gasteiger partial charge in [0, 0.05) is 25.1 Å². The van der Waals surface area contributed by atoms with Gasteiger partial charge in [0.15, 0.2) is 5.89 Å². The molecule has 0 aliphatic carbocycles. The number of oxazole rings is 1. The molecule has 2 rings (SSSR count). The third-order valence-corrected chi connectivity index (χ3v) is 4.91. The van der Waals surface area contributed by atoms with E-state index >= 15 is 0 Å². The Hall–Kier alpha value is -1.70. The van der Waals surface area contributed by atoms with E-state index in [9.17, 15) is 8.42 Å². The van der Waals surface area contributed by atoms with E-state index < -0.39 is 10.0 Å². The van der Waals surface area contributed by atoms with Crippen molar-refractivity contribution in [2.24, 2.45) is 0 Å². The highest BCUT2D eigenvalue weighted by Gasteiger charge is 2.18. The van der Waals surface area contributed by atoms with Crippen LogP contribution in [0, 0.1) is 6.92 Å². The first-order valence-electron chi connectivity index (χ1n) is 7.12. The summed E-state index contributed by atoms with van der Waals surface area (Å²) in [4.78, 5) is 4.39. The van der Waals surface area contributed by atoms with Gasteiger partial charge in [-0.15, -0.1) is 0 Å². The predicted octanol–water partition coefficient (Wildman–Crippen LogP) is 2.09. The minimum atomic E-state index is -3.59. The number of aromatic nitrogens is 1. The smallest absolute Gasteiger partial charge is 0.240 e. The van der Waals surface area contributed by atoms with Gasteiger partial charge in [-0.3, -0.25) is 0 Å². The number of benzene rings is 1. The molecule has 0 saturated carbocycles. The van der Waals surface area contributed by atoms with Crippen LogP contribution in [0.5, 0.6) is 0 Å². The number of nitrogens with zero attached hydrogens (tertiary/aromatic N) is 1. The van der Waals surface area contributed by atoms with Gasteiger partial charge in [-0.2, -0.15) is 0 Å². The van der Waals surface area contributed by atoms with Gasteiger partial charge < -0.3 is 9.52 Å². The number of aryl methyl sites for hydroxylation is 1. The lowest BCUT2D eigenvalue weighted by Crippen LogP contribution is -2.35. The number of rotatable bonds is 7. The molecule has 2 N–H and O–H groups in total. The van der Waals surface area contributed by atoms with E-state index in [2.05, 4.69) is 9.71 Å². The maximum Gasteiger partial charge on any atom is 0.240 e. The standard InChI is InChI=1S/C15H20N2O4S/c1-3-13(8-9-18)17-22(19,20)14-6-4-12(5-7-14)15-10-21-11(2)16-15/h4-7,10,13,17-18H,3,8-9H2,1-2H3. The maximum absolute atomic E-state index is 12.3. The molecule has 7 heteroatoms. The Labute approximate surface area is 130 Å². The normalized spacial score (nSPS) is 13.2. The first kappa shape index (κ1) is 16.7. The summed E-state index contributed by atoms with van der Waals surface area (Å²) in [6.45, 7) is 3.57. The van der Waals surface area contributed by atoms with Gasteiger partial charge in [0.1, 0.15) is 12.0 Å². The molecule has 1 aromatic carbocycles. The Balaban J connectivity index is 2.18. The van der Waals surface area contributed by atoms with Crippen LogP contribution in [0.25, 0.3) is 11.3 Å². The van der Waals surface area contributed by atoms with E-state index in [0.29, 0.717) is 24.4 Å². The Morgan fingerprint density at radius 1 is 1.32 bits per heavy atom. The zero-order valence-corrected chi connectivity index (χ0v) is 13.4. The molecule has 1 heterocycles. The molecule has 120 valence electrons.